The van der Waals surface area contributed by atoms with E-state index in [0.29, 0.717) is 24.0 Å². The van der Waals surface area contributed by atoms with Gasteiger partial charge in [-0.25, -0.2) is 4.68 Å². The van der Waals surface area contributed by atoms with E-state index in [1.165, 1.54) is 37.7 Å². The van der Waals surface area contributed by atoms with Gasteiger partial charge >= 0.3 is 0 Å². The van der Waals surface area contributed by atoms with Crippen LogP contribution < -0.4 is 10.3 Å². The Morgan fingerprint density at radius 2 is 1.79 bits per heavy atom. The molecule has 9 nitrogen and oxygen atoms in total. The smallest absolute Gasteiger partial charge is 0.253 e. The van der Waals surface area contributed by atoms with Crippen LogP contribution in [0.15, 0.2) is 59.4 Å². The van der Waals surface area contributed by atoms with E-state index >= 15 is 0 Å². The number of piperazine rings is 1. The maximum atomic E-state index is 13.6. The van der Waals surface area contributed by atoms with Crippen molar-refractivity contribution in [3.8, 4) is 5.75 Å². The number of H-pyrrole nitrogens is 1. The summed E-state index contributed by atoms with van der Waals surface area (Å²) in [5, 5.41) is 13.9. The average Bonchev–Trinajstić information content (AvgIpc) is 3.45. The molecule has 1 saturated carbocycles. The van der Waals surface area contributed by atoms with Crippen molar-refractivity contribution >= 4 is 10.9 Å². The fraction of sp³-hybridized carbons (Fsp3) is 0.467. The first-order valence-corrected chi connectivity index (χ1v) is 14.2. The Bertz CT molecular complexity index is 1440. The Balaban J connectivity index is 1.34. The van der Waals surface area contributed by atoms with Crippen LogP contribution >= 0.6 is 0 Å². The molecule has 6 rings (SSSR count). The Kier molecular flexibility index (Phi) is 7.69. The number of ether oxygens (including phenoxy) is 1. The summed E-state index contributed by atoms with van der Waals surface area (Å²) in [6.07, 6.45) is 7.44. The van der Waals surface area contributed by atoms with Gasteiger partial charge in [-0.05, 0) is 59.5 Å². The molecule has 0 amide bonds. The van der Waals surface area contributed by atoms with E-state index in [1.54, 1.807) is 7.11 Å². The monoisotopic (exact) mass is 527 g/mol. The van der Waals surface area contributed by atoms with Gasteiger partial charge in [-0.1, -0.05) is 49.6 Å². The summed E-state index contributed by atoms with van der Waals surface area (Å²) in [5.74, 6) is 1.47. The quantitative estimate of drug-likeness (QED) is 0.373. The number of hydrogen-bond acceptors (Lipinski definition) is 7. The second-order valence-electron chi connectivity index (χ2n) is 10.8. The fourth-order valence-corrected chi connectivity index (χ4v) is 6.28. The SMILES string of the molecule is COc1ccc2[nH]c(=O)c([C@H](c3nnnn3CCc3ccccc3)N3CCN(C4CCCCC4)CC3)cc2c1. The molecule has 2 fully saturated rings. The summed E-state index contributed by atoms with van der Waals surface area (Å²) in [6.45, 7) is 4.35. The van der Waals surface area contributed by atoms with Crippen LogP contribution in [0.25, 0.3) is 10.9 Å². The van der Waals surface area contributed by atoms with Crippen molar-refractivity contribution in [1.82, 2.24) is 35.0 Å². The van der Waals surface area contributed by atoms with Crippen molar-refractivity contribution in [2.24, 2.45) is 0 Å². The van der Waals surface area contributed by atoms with E-state index in [1.807, 2.05) is 47.1 Å². The molecule has 4 aromatic rings. The lowest BCUT2D eigenvalue weighted by Crippen LogP contribution is -2.52. The predicted molar refractivity (Wildman–Crippen MR) is 151 cm³/mol. The lowest BCUT2D eigenvalue weighted by molar-refractivity contribution is 0.0617. The summed E-state index contributed by atoms with van der Waals surface area (Å²) >= 11 is 0. The molecule has 1 atom stereocenters. The van der Waals surface area contributed by atoms with Crippen molar-refractivity contribution < 1.29 is 4.74 Å². The van der Waals surface area contributed by atoms with Crippen molar-refractivity contribution in [3.05, 3.63) is 81.9 Å². The molecule has 0 unspecified atom stereocenters. The van der Waals surface area contributed by atoms with Crippen molar-refractivity contribution in [3.63, 3.8) is 0 Å². The maximum absolute atomic E-state index is 13.6. The second kappa shape index (κ2) is 11.7. The standard InChI is InChI=1S/C30H37N7O2/c1-39-25-12-13-27-23(20-25)21-26(30(38)31-27)28(36-18-16-35(17-19-36)24-10-6-3-7-11-24)29-32-33-34-37(29)15-14-22-8-4-2-5-9-22/h2,4-5,8-9,12-13,20-21,24,28H,3,6-7,10-11,14-19H2,1H3,(H,31,38)/t28-/m1/s1. The minimum atomic E-state index is -0.344. The number of hydrogen-bond donors (Lipinski definition) is 1. The predicted octanol–water partition coefficient (Wildman–Crippen LogP) is 3.81. The lowest BCUT2D eigenvalue weighted by Gasteiger charge is -2.43. The van der Waals surface area contributed by atoms with Crippen LogP contribution in [0, 0.1) is 0 Å². The van der Waals surface area contributed by atoms with E-state index in [0.717, 1.165) is 49.3 Å². The Labute approximate surface area is 228 Å². The molecule has 1 saturated heterocycles. The van der Waals surface area contributed by atoms with E-state index in [2.05, 4.69) is 42.4 Å². The van der Waals surface area contributed by atoms with Crippen molar-refractivity contribution in [2.45, 2.75) is 57.2 Å². The van der Waals surface area contributed by atoms with Crippen molar-refractivity contribution in [2.75, 3.05) is 33.3 Å². The average molecular weight is 528 g/mol. The lowest BCUT2D eigenvalue weighted by atomic mass is 9.93. The summed E-state index contributed by atoms with van der Waals surface area (Å²) in [5.41, 5.74) is 2.57. The number of methoxy groups -OCH3 is 1. The van der Waals surface area contributed by atoms with Crippen LogP contribution in [0.1, 0.15) is 55.1 Å². The van der Waals surface area contributed by atoms with Crippen LogP contribution in [0.4, 0.5) is 0 Å². The molecule has 3 heterocycles. The number of nitrogens with zero attached hydrogens (tertiary/aromatic N) is 6. The number of rotatable bonds is 8. The molecule has 2 aromatic heterocycles. The van der Waals surface area contributed by atoms with Crippen LogP contribution in [-0.4, -0.2) is 74.3 Å². The minimum absolute atomic E-state index is 0.106. The third-order valence-corrected chi connectivity index (χ3v) is 8.44. The van der Waals surface area contributed by atoms with Crippen LogP contribution in [0.3, 0.4) is 0 Å². The molecule has 204 valence electrons. The van der Waals surface area contributed by atoms with Crippen LogP contribution in [-0.2, 0) is 13.0 Å². The number of benzene rings is 2. The Morgan fingerprint density at radius 1 is 1.00 bits per heavy atom. The molecule has 1 aliphatic carbocycles. The molecule has 39 heavy (non-hydrogen) atoms. The highest BCUT2D eigenvalue weighted by atomic mass is 16.5. The Hall–Kier alpha value is -3.56. The summed E-state index contributed by atoms with van der Waals surface area (Å²) in [7, 11) is 1.66. The highest BCUT2D eigenvalue weighted by Crippen LogP contribution is 2.30. The molecule has 0 spiro atoms. The van der Waals surface area contributed by atoms with Gasteiger partial charge in [-0.2, -0.15) is 0 Å². The molecule has 1 N–H and O–H groups in total. The van der Waals surface area contributed by atoms with E-state index < -0.39 is 0 Å². The van der Waals surface area contributed by atoms with E-state index in [4.69, 9.17) is 4.74 Å². The number of aromatic nitrogens is 5. The third-order valence-electron chi connectivity index (χ3n) is 8.44. The zero-order valence-electron chi connectivity index (χ0n) is 22.6. The topological polar surface area (TPSA) is 92.2 Å². The maximum Gasteiger partial charge on any atom is 0.253 e. The number of fused-ring (bicyclic) bond motifs is 1. The first kappa shape index (κ1) is 25.7. The number of aryl methyl sites for hydroxylation is 2. The second-order valence-corrected chi connectivity index (χ2v) is 10.8. The molecule has 2 aliphatic rings. The largest absolute Gasteiger partial charge is 0.497 e. The number of nitrogens with one attached hydrogen (secondary N) is 1. The first-order chi connectivity index (χ1) is 19.2. The number of pyridine rings is 1. The van der Waals surface area contributed by atoms with Crippen LogP contribution in [0.5, 0.6) is 5.75 Å². The third kappa shape index (κ3) is 5.60. The highest BCUT2D eigenvalue weighted by molar-refractivity contribution is 5.80. The zero-order chi connectivity index (χ0) is 26.6. The molecule has 2 aromatic carbocycles. The Morgan fingerprint density at radius 3 is 2.56 bits per heavy atom. The summed E-state index contributed by atoms with van der Waals surface area (Å²) in [6, 6.07) is 18.4. The zero-order valence-corrected chi connectivity index (χ0v) is 22.6. The molecular weight excluding hydrogens is 490 g/mol. The van der Waals surface area contributed by atoms with Gasteiger partial charge in [0.2, 0.25) is 0 Å². The van der Waals surface area contributed by atoms with Gasteiger partial charge in [0.15, 0.2) is 5.82 Å². The summed E-state index contributed by atoms with van der Waals surface area (Å²) < 4.78 is 7.33. The van der Waals surface area contributed by atoms with Gasteiger partial charge in [0.05, 0.1) is 7.11 Å². The highest BCUT2D eigenvalue weighted by Gasteiger charge is 2.34. The molecule has 0 radical (unpaired) electrons. The number of aromatic amines is 1. The molecule has 9 heteroatoms. The molecule has 0 bridgehead atoms. The molecule has 1 aliphatic heterocycles. The number of tetrazole rings is 1. The van der Waals surface area contributed by atoms with Crippen LogP contribution in [0.2, 0.25) is 0 Å². The normalized spacial score (nSPS) is 18.4. The van der Waals surface area contributed by atoms with Gasteiger partial charge in [0, 0.05) is 55.2 Å². The van der Waals surface area contributed by atoms with Gasteiger partial charge in [-0.3, -0.25) is 14.6 Å². The van der Waals surface area contributed by atoms with Gasteiger partial charge in [0.25, 0.3) is 5.56 Å². The van der Waals surface area contributed by atoms with E-state index in [-0.39, 0.29) is 11.6 Å². The van der Waals surface area contributed by atoms with Gasteiger partial charge < -0.3 is 9.72 Å². The fourth-order valence-electron chi connectivity index (χ4n) is 6.28. The van der Waals surface area contributed by atoms with E-state index in [9.17, 15) is 4.79 Å². The molecular formula is C30H37N7O2. The van der Waals surface area contributed by atoms with Crippen molar-refractivity contribution in [1.29, 1.82) is 0 Å². The van der Waals surface area contributed by atoms with Gasteiger partial charge in [-0.15, -0.1) is 5.10 Å². The van der Waals surface area contributed by atoms with Gasteiger partial charge in [0.1, 0.15) is 11.8 Å². The summed E-state index contributed by atoms with van der Waals surface area (Å²) in [4.78, 5) is 21.7. The minimum Gasteiger partial charge on any atom is -0.497 e. The first-order valence-electron chi connectivity index (χ1n) is 14.2.